The predicted octanol–water partition coefficient (Wildman–Crippen LogP) is 2.76. The summed E-state index contributed by atoms with van der Waals surface area (Å²) in [5, 5.41) is 16.4. The SMILES string of the molecule is C[C@H](CO)NC(=O)c1ccc(Cl)c(NC(=O)c2cccs2)c1. The highest BCUT2D eigenvalue weighted by Gasteiger charge is 2.14. The van der Waals surface area contributed by atoms with Crippen molar-refractivity contribution in [3.8, 4) is 0 Å². The van der Waals surface area contributed by atoms with Gasteiger partial charge in [-0.25, -0.2) is 0 Å². The number of hydrogen-bond donors (Lipinski definition) is 3. The number of benzene rings is 1. The summed E-state index contributed by atoms with van der Waals surface area (Å²) in [5.74, 6) is -0.622. The normalized spacial score (nSPS) is 11.8. The van der Waals surface area contributed by atoms with Gasteiger partial charge in [0, 0.05) is 11.6 Å². The van der Waals surface area contributed by atoms with Gasteiger partial charge in [-0.3, -0.25) is 9.59 Å². The number of nitrogens with one attached hydrogen (secondary N) is 2. The third kappa shape index (κ3) is 4.07. The van der Waals surface area contributed by atoms with E-state index >= 15 is 0 Å². The van der Waals surface area contributed by atoms with Crippen molar-refractivity contribution < 1.29 is 14.7 Å². The quantitative estimate of drug-likeness (QED) is 0.784. The van der Waals surface area contributed by atoms with E-state index in [1.807, 2.05) is 0 Å². The molecule has 22 heavy (non-hydrogen) atoms. The molecule has 0 fully saturated rings. The van der Waals surface area contributed by atoms with Gasteiger partial charge in [0.05, 0.1) is 22.2 Å². The molecule has 0 saturated heterocycles. The van der Waals surface area contributed by atoms with Crippen molar-refractivity contribution in [2.24, 2.45) is 0 Å². The lowest BCUT2D eigenvalue weighted by molar-refractivity contribution is 0.0921. The van der Waals surface area contributed by atoms with Crippen molar-refractivity contribution >= 4 is 40.4 Å². The predicted molar refractivity (Wildman–Crippen MR) is 87.7 cm³/mol. The Kier molecular flexibility index (Phi) is 5.54. The zero-order chi connectivity index (χ0) is 16.1. The van der Waals surface area contributed by atoms with Crippen molar-refractivity contribution in [3.63, 3.8) is 0 Å². The molecule has 2 aromatic rings. The first-order chi connectivity index (χ1) is 10.5. The highest BCUT2D eigenvalue weighted by molar-refractivity contribution is 7.12. The van der Waals surface area contributed by atoms with Crippen LogP contribution in [0.15, 0.2) is 35.7 Å². The van der Waals surface area contributed by atoms with E-state index in [0.29, 0.717) is 21.2 Å². The minimum Gasteiger partial charge on any atom is -0.394 e. The van der Waals surface area contributed by atoms with Crippen LogP contribution in [0.1, 0.15) is 27.0 Å². The first-order valence-corrected chi connectivity index (χ1v) is 7.83. The summed E-state index contributed by atoms with van der Waals surface area (Å²) in [6, 6.07) is 7.74. The van der Waals surface area contributed by atoms with E-state index in [9.17, 15) is 9.59 Å². The second-order valence-electron chi connectivity index (χ2n) is 4.68. The number of aliphatic hydroxyl groups excluding tert-OH is 1. The van der Waals surface area contributed by atoms with E-state index in [1.165, 1.54) is 17.4 Å². The number of anilines is 1. The maximum Gasteiger partial charge on any atom is 0.265 e. The molecule has 7 heteroatoms. The van der Waals surface area contributed by atoms with Gasteiger partial charge < -0.3 is 15.7 Å². The van der Waals surface area contributed by atoms with Crippen molar-refractivity contribution in [3.05, 3.63) is 51.2 Å². The maximum atomic E-state index is 12.0. The van der Waals surface area contributed by atoms with E-state index in [1.54, 1.807) is 36.6 Å². The largest absolute Gasteiger partial charge is 0.394 e. The van der Waals surface area contributed by atoms with Crippen molar-refractivity contribution in [2.75, 3.05) is 11.9 Å². The van der Waals surface area contributed by atoms with Crippen LogP contribution < -0.4 is 10.6 Å². The molecule has 2 amide bonds. The standard InChI is InChI=1S/C15H15ClN2O3S/c1-9(8-19)17-14(20)10-4-5-11(16)12(7-10)18-15(21)13-3-2-6-22-13/h2-7,9,19H,8H2,1H3,(H,17,20)(H,18,21)/t9-/m1/s1. The Balaban J connectivity index is 2.16. The molecule has 3 N–H and O–H groups in total. The van der Waals surface area contributed by atoms with Crippen LogP contribution in [0.4, 0.5) is 5.69 Å². The van der Waals surface area contributed by atoms with Crippen LogP contribution in [0.3, 0.4) is 0 Å². The number of amides is 2. The van der Waals surface area contributed by atoms with Gasteiger partial charge in [0.25, 0.3) is 11.8 Å². The van der Waals surface area contributed by atoms with Gasteiger partial charge in [0.15, 0.2) is 0 Å². The first-order valence-electron chi connectivity index (χ1n) is 6.57. The fraction of sp³-hybridized carbons (Fsp3) is 0.200. The minimum atomic E-state index is -0.354. The smallest absolute Gasteiger partial charge is 0.265 e. The number of hydrogen-bond acceptors (Lipinski definition) is 4. The van der Waals surface area contributed by atoms with E-state index in [2.05, 4.69) is 10.6 Å². The number of halogens is 1. The van der Waals surface area contributed by atoms with Gasteiger partial charge >= 0.3 is 0 Å². The Morgan fingerprint density at radius 3 is 2.73 bits per heavy atom. The van der Waals surface area contributed by atoms with Gasteiger partial charge in [-0.05, 0) is 36.6 Å². The summed E-state index contributed by atoms with van der Waals surface area (Å²) in [4.78, 5) is 24.6. The third-order valence-corrected chi connectivity index (χ3v) is 4.07. The molecule has 5 nitrogen and oxygen atoms in total. The highest BCUT2D eigenvalue weighted by atomic mass is 35.5. The third-order valence-electron chi connectivity index (χ3n) is 2.87. The Bertz CT molecular complexity index is 673. The maximum absolute atomic E-state index is 12.0. The zero-order valence-corrected chi connectivity index (χ0v) is 13.4. The molecule has 0 spiro atoms. The molecule has 1 heterocycles. The van der Waals surface area contributed by atoms with Crippen LogP contribution in [0.5, 0.6) is 0 Å². The highest BCUT2D eigenvalue weighted by Crippen LogP contribution is 2.24. The Morgan fingerprint density at radius 2 is 2.09 bits per heavy atom. The van der Waals surface area contributed by atoms with Gasteiger partial charge in [-0.1, -0.05) is 17.7 Å². The molecule has 116 valence electrons. The molecule has 1 aromatic heterocycles. The zero-order valence-electron chi connectivity index (χ0n) is 11.8. The molecule has 1 atom stereocenters. The van der Waals surface area contributed by atoms with Crippen LogP contribution in [0.2, 0.25) is 5.02 Å². The fourth-order valence-electron chi connectivity index (χ4n) is 1.71. The summed E-state index contributed by atoms with van der Waals surface area (Å²) in [6.45, 7) is 1.54. The average molecular weight is 339 g/mol. The first kappa shape index (κ1) is 16.5. The lowest BCUT2D eigenvalue weighted by Crippen LogP contribution is -2.35. The van der Waals surface area contributed by atoms with Crippen molar-refractivity contribution in [2.45, 2.75) is 13.0 Å². The number of aliphatic hydroxyl groups is 1. The average Bonchev–Trinajstić information content (AvgIpc) is 3.03. The number of thiophene rings is 1. The second-order valence-corrected chi connectivity index (χ2v) is 6.04. The lowest BCUT2D eigenvalue weighted by atomic mass is 10.1. The summed E-state index contributed by atoms with van der Waals surface area (Å²) >= 11 is 7.37. The van der Waals surface area contributed by atoms with Gasteiger partial charge in [0.1, 0.15) is 0 Å². The van der Waals surface area contributed by atoms with Crippen molar-refractivity contribution in [1.82, 2.24) is 5.32 Å². The van der Waals surface area contributed by atoms with E-state index < -0.39 is 0 Å². The summed E-state index contributed by atoms with van der Waals surface area (Å²) in [6.07, 6.45) is 0. The van der Waals surface area contributed by atoms with Crippen LogP contribution in [0, 0.1) is 0 Å². The Morgan fingerprint density at radius 1 is 1.32 bits per heavy atom. The molecule has 0 saturated carbocycles. The van der Waals surface area contributed by atoms with Crippen molar-refractivity contribution in [1.29, 1.82) is 0 Å². The molecule has 0 aliphatic carbocycles. The second kappa shape index (κ2) is 7.40. The van der Waals surface area contributed by atoms with E-state index in [-0.39, 0.29) is 24.5 Å². The summed E-state index contributed by atoms with van der Waals surface area (Å²) in [5.41, 5.74) is 0.718. The van der Waals surface area contributed by atoms with Crippen LogP contribution in [0.25, 0.3) is 0 Å². The number of carbonyl (C=O) groups is 2. The van der Waals surface area contributed by atoms with Crippen LogP contribution >= 0.6 is 22.9 Å². The molecule has 0 aliphatic heterocycles. The fourth-order valence-corrected chi connectivity index (χ4v) is 2.49. The molecule has 0 unspecified atom stereocenters. The Labute approximate surface area is 136 Å². The van der Waals surface area contributed by atoms with Crippen LogP contribution in [-0.2, 0) is 0 Å². The monoisotopic (exact) mass is 338 g/mol. The summed E-state index contributed by atoms with van der Waals surface area (Å²) in [7, 11) is 0. The topological polar surface area (TPSA) is 78.4 Å². The van der Waals surface area contributed by atoms with Gasteiger partial charge in [-0.2, -0.15) is 0 Å². The van der Waals surface area contributed by atoms with Crippen LogP contribution in [-0.4, -0.2) is 29.6 Å². The molecular weight excluding hydrogens is 324 g/mol. The molecule has 2 rings (SSSR count). The van der Waals surface area contributed by atoms with Gasteiger partial charge in [0.2, 0.25) is 0 Å². The molecule has 0 bridgehead atoms. The van der Waals surface area contributed by atoms with E-state index in [4.69, 9.17) is 16.7 Å². The molecule has 0 radical (unpaired) electrons. The minimum absolute atomic E-state index is 0.151. The number of rotatable bonds is 5. The lowest BCUT2D eigenvalue weighted by Gasteiger charge is -2.12. The Hall–Kier alpha value is -1.89. The number of carbonyl (C=O) groups excluding carboxylic acids is 2. The van der Waals surface area contributed by atoms with E-state index in [0.717, 1.165) is 0 Å². The summed E-state index contributed by atoms with van der Waals surface area (Å²) < 4.78 is 0. The molecule has 0 aliphatic rings. The molecule has 1 aromatic carbocycles. The van der Waals surface area contributed by atoms with Gasteiger partial charge in [-0.15, -0.1) is 11.3 Å². The molecular formula is C15H15ClN2O3S.